The SMILES string of the molecule is CNS(=O)(=O)Nc1ccc2c(c1)CCCN2C(=O)c1cccnc1. The molecule has 8 heteroatoms. The molecular formula is C16H18N4O3S. The van der Waals surface area contributed by atoms with Crippen LogP contribution < -0.4 is 14.3 Å². The highest BCUT2D eigenvalue weighted by Crippen LogP contribution is 2.31. The number of hydrogen-bond donors (Lipinski definition) is 2. The fourth-order valence-electron chi connectivity index (χ4n) is 2.72. The molecule has 1 aromatic carbocycles. The quantitative estimate of drug-likeness (QED) is 0.879. The Morgan fingerprint density at radius 3 is 2.83 bits per heavy atom. The lowest BCUT2D eigenvalue weighted by atomic mass is 10.0. The monoisotopic (exact) mass is 346 g/mol. The number of nitrogens with one attached hydrogen (secondary N) is 2. The maximum atomic E-state index is 12.7. The second-order valence-corrected chi connectivity index (χ2v) is 7.07. The summed E-state index contributed by atoms with van der Waals surface area (Å²) >= 11 is 0. The summed E-state index contributed by atoms with van der Waals surface area (Å²) in [5, 5.41) is 0. The number of aryl methyl sites for hydroxylation is 1. The van der Waals surface area contributed by atoms with E-state index in [1.54, 1.807) is 47.6 Å². The van der Waals surface area contributed by atoms with E-state index in [2.05, 4.69) is 14.4 Å². The van der Waals surface area contributed by atoms with Crippen molar-refractivity contribution in [2.45, 2.75) is 12.8 Å². The minimum Gasteiger partial charge on any atom is -0.308 e. The van der Waals surface area contributed by atoms with Crippen LogP contribution in [0.25, 0.3) is 0 Å². The van der Waals surface area contributed by atoms with Crippen molar-refractivity contribution in [3.63, 3.8) is 0 Å². The molecule has 0 saturated heterocycles. The molecule has 0 bridgehead atoms. The zero-order valence-electron chi connectivity index (χ0n) is 13.2. The molecule has 0 saturated carbocycles. The Hall–Kier alpha value is -2.45. The third kappa shape index (κ3) is 3.39. The van der Waals surface area contributed by atoms with E-state index in [9.17, 15) is 13.2 Å². The van der Waals surface area contributed by atoms with E-state index in [4.69, 9.17) is 0 Å². The Balaban J connectivity index is 1.90. The highest BCUT2D eigenvalue weighted by molar-refractivity contribution is 7.90. The number of rotatable bonds is 4. The lowest BCUT2D eigenvalue weighted by Crippen LogP contribution is -2.35. The van der Waals surface area contributed by atoms with E-state index in [0.29, 0.717) is 17.8 Å². The Kier molecular flexibility index (Phi) is 4.50. The van der Waals surface area contributed by atoms with Crippen LogP contribution in [0.5, 0.6) is 0 Å². The molecule has 0 aliphatic carbocycles. The first-order valence-corrected chi connectivity index (χ1v) is 9.04. The van der Waals surface area contributed by atoms with Crippen LogP contribution in [0.4, 0.5) is 11.4 Å². The normalized spacial score (nSPS) is 14.1. The van der Waals surface area contributed by atoms with Gasteiger partial charge < -0.3 is 4.90 Å². The highest BCUT2D eigenvalue weighted by atomic mass is 32.2. The second kappa shape index (κ2) is 6.58. The van der Waals surface area contributed by atoms with Gasteiger partial charge in [0.2, 0.25) is 0 Å². The van der Waals surface area contributed by atoms with E-state index in [1.807, 2.05) is 0 Å². The van der Waals surface area contributed by atoms with Gasteiger partial charge in [-0.25, -0.2) is 4.72 Å². The summed E-state index contributed by atoms with van der Waals surface area (Å²) in [6.45, 7) is 0.627. The van der Waals surface area contributed by atoms with Gasteiger partial charge in [0.05, 0.1) is 11.3 Å². The van der Waals surface area contributed by atoms with Gasteiger partial charge in [-0.2, -0.15) is 8.42 Å². The van der Waals surface area contributed by atoms with Gasteiger partial charge in [-0.3, -0.25) is 14.5 Å². The van der Waals surface area contributed by atoms with Crippen LogP contribution in [0.3, 0.4) is 0 Å². The van der Waals surface area contributed by atoms with Crippen LogP contribution in [-0.4, -0.2) is 32.9 Å². The molecule has 2 N–H and O–H groups in total. The minimum absolute atomic E-state index is 0.104. The van der Waals surface area contributed by atoms with Crippen molar-refractivity contribution in [1.82, 2.24) is 9.71 Å². The average Bonchev–Trinajstić information content (AvgIpc) is 2.61. The molecule has 1 aliphatic rings. The van der Waals surface area contributed by atoms with Gasteiger partial charge in [0.1, 0.15) is 0 Å². The third-order valence-electron chi connectivity index (χ3n) is 3.87. The summed E-state index contributed by atoms with van der Waals surface area (Å²) in [6, 6.07) is 8.67. The molecule has 0 unspecified atom stereocenters. The van der Waals surface area contributed by atoms with Crippen molar-refractivity contribution in [2.24, 2.45) is 0 Å². The molecule has 0 spiro atoms. The zero-order chi connectivity index (χ0) is 17.2. The summed E-state index contributed by atoms with van der Waals surface area (Å²) in [6.07, 6.45) is 4.79. The molecule has 0 radical (unpaired) electrons. The fourth-order valence-corrected chi connectivity index (χ4v) is 3.26. The van der Waals surface area contributed by atoms with Crippen LogP contribution in [-0.2, 0) is 16.6 Å². The molecule has 2 aromatic rings. The van der Waals surface area contributed by atoms with Gasteiger partial charge in [0.25, 0.3) is 16.1 Å². The standard InChI is InChI=1S/C16H18N4O3S/c1-17-24(22,23)19-14-6-7-15-12(10-14)5-3-9-20(15)16(21)13-4-2-8-18-11-13/h2,4,6-8,10-11,17,19H,3,5,9H2,1H3. The van der Waals surface area contributed by atoms with Crippen molar-refractivity contribution >= 4 is 27.5 Å². The first kappa shape index (κ1) is 16.4. The summed E-state index contributed by atoms with van der Waals surface area (Å²) < 4.78 is 27.9. The zero-order valence-corrected chi connectivity index (χ0v) is 14.0. The number of pyridine rings is 1. The molecule has 2 heterocycles. The number of hydrogen-bond acceptors (Lipinski definition) is 4. The Morgan fingerprint density at radius 1 is 1.29 bits per heavy atom. The van der Waals surface area contributed by atoms with Gasteiger partial charge in [-0.05, 0) is 48.7 Å². The van der Waals surface area contributed by atoms with E-state index in [1.165, 1.54) is 7.05 Å². The van der Waals surface area contributed by atoms with Crippen LogP contribution in [0.2, 0.25) is 0 Å². The predicted octanol–water partition coefficient (Wildman–Crippen LogP) is 1.55. The molecule has 0 fully saturated rings. The molecule has 0 atom stereocenters. The van der Waals surface area contributed by atoms with E-state index < -0.39 is 10.2 Å². The third-order valence-corrected chi connectivity index (χ3v) is 4.91. The van der Waals surface area contributed by atoms with Crippen LogP contribution >= 0.6 is 0 Å². The van der Waals surface area contributed by atoms with E-state index in [0.717, 1.165) is 24.1 Å². The number of anilines is 2. The number of aromatic nitrogens is 1. The van der Waals surface area contributed by atoms with Gasteiger partial charge in [-0.15, -0.1) is 0 Å². The largest absolute Gasteiger partial charge is 0.308 e. The van der Waals surface area contributed by atoms with Crippen molar-refractivity contribution in [3.05, 3.63) is 53.9 Å². The van der Waals surface area contributed by atoms with Crippen LogP contribution in [0.1, 0.15) is 22.3 Å². The van der Waals surface area contributed by atoms with Crippen LogP contribution in [0, 0.1) is 0 Å². The molecule has 1 amide bonds. The van der Waals surface area contributed by atoms with Crippen molar-refractivity contribution in [3.8, 4) is 0 Å². The van der Waals surface area contributed by atoms with E-state index >= 15 is 0 Å². The van der Waals surface area contributed by atoms with Crippen molar-refractivity contribution in [2.75, 3.05) is 23.2 Å². The van der Waals surface area contributed by atoms with E-state index in [-0.39, 0.29) is 5.91 Å². The molecule has 3 rings (SSSR count). The van der Waals surface area contributed by atoms with Gasteiger partial charge in [0, 0.05) is 31.7 Å². The number of amides is 1. The van der Waals surface area contributed by atoms with Crippen molar-refractivity contribution < 1.29 is 13.2 Å². The maximum absolute atomic E-state index is 12.7. The lowest BCUT2D eigenvalue weighted by molar-refractivity contribution is 0.0984. The summed E-state index contributed by atoms with van der Waals surface area (Å²) in [5.41, 5.74) is 2.75. The smallest absolute Gasteiger partial charge is 0.298 e. The van der Waals surface area contributed by atoms with Gasteiger partial charge in [0.15, 0.2) is 0 Å². The Bertz CT molecular complexity index is 853. The summed E-state index contributed by atoms with van der Waals surface area (Å²) in [5.74, 6) is -0.104. The first-order valence-electron chi connectivity index (χ1n) is 7.56. The molecule has 1 aliphatic heterocycles. The number of carbonyl (C=O) groups is 1. The summed E-state index contributed by atoms with van der Waals surface area (Å²) in [4.78, 5) is 18.4. The van der Waals surface area contributed by atoms with Gasteiger partial charge in [-0.1, -0.05) is 0 Å². The molecule has 126 valence electrons. The van der Waals surface area contributed by atoms with Gasteiger partial charge >= 0.3 is 0 Å². The number of nitrogens with zero attached hydrogens (tertiary/aromatic N) is 2. The molecule has 1 aromatic heterocycles. The van der Waals surface area contributed by atoms with Crippen molar-refractivity contribution in [1.29, 1.82) is 0 Å². The topological polar surface area (TPSA) is 91.4 Å². The molecular weight excluding hydrogens is 328 g/mol. The fraction of sp³-hybridized carbons (Fsp3) is 0.250. The lowest BCUT2D eigenvalue weighted by Gasteiger charge is -2.30. The molecule has 24 heavy (non-hydrogen) atoms. The first-order chi connectivity index (χ1) is 11.5. The van der Waals surface area contributed by atoms with Crippen LogP contribution in [0.15, 0.2) is 42.7 Å². The number of benzene rings is 1. The minimum atomic E-state index is -3.56. The summed E-state index contributed by atoms with van der Waals surface area (Å²) in [7, 11) is -2.22. The molecule has 7 nitrogen and oxygen atoms in total. The predicted molar refractivity (Wildman–Crippen MR) is 92.3 cm³/mol. The maximum Gasteiger partial charge on any atom is 0.298 e. The second-order valence-electron chi connectivity index (χ2n) is 5.46. The Morgan fingerprint density at radius 2 is 2.12 bits per heavy atom. The highest BCUT2D eigenvalue weighted by Gasteiger charge is 2.24. The number of carbonyl (C=O) groups excluding carboxylic acids is 1. The Labute approximate surface area is 140 Å². The number of fused-ring (bicyclic) bond motifs is 1. The average molecular weight is 346 g/mol.